The minimum atomic E-state index is -0.179. The van der Waals surface area contributed by atoms with Gasteiger partial charge < -0.3 is 15.3 Å². The molecule has 0 aliphatic carbocycles. The summed E-state index contributed by atoms with van der Waals surface area (Å²) in [6, 6.07) is -0.304. The molecule has 4 nitrogen and oxygen atoms in total. The van der Waals surface area contributed by atoms with Crippen molar-refractivity contribution in [3.05, 3.63) is 0 Å². The maximum absolute atomic E-state index is 10.8. The Kier molecular flexibility index (Phi) is 3.79. The summed E-state index contributed by atoms with van der Waals surface area (Å²) < 4.78 is 0. The summed E-state index contributed by atoms with van der Waals surface area (Å²) in [5, 5.41) is 11.1. The highest BCUT2D eigenvalue weighted by molar-refractivity contribution is 5.73. The molecule has 10 heavy (non-hydrogen) atoms. The van der Waals surface area contributed by atoms with Gasteiger partial charge in [-0.3, -0.25) is 0 Å². The SMILES string of the molecule is CNC(=O)N(C)[C@H](C)CO. The van der Waals surface area contributed by atoms with Crippen LogP contribution in [0.15, 0.2) is 0 Å². The number of likely N-dealkylation sites (N-methyl/N-ethyl adjacent to an activating group) is 1. The standard InChI is InChI=1S/C6H14N2O2/c1-5(4-9)8(3)6(10)7-2/h5,9H,4H2,1-3H3,(H,7,10)/t5-/m1/s1. The molecule has 1 atom stereocenters. The van der Waals surface area contributed by atoms with Crippen LogP contribution >= 0.6 is 0 Å². The smallest absolute Gasteiger partial charge is 0.317 e. The Balaban J connectivity index is 3.81. The maximum Gasteiger partial charge on any atom is 0.317 e. The lowest BCUT2D eigenvalue weighted by atomic mass is 10.3. The van der Waals surface area contributed by atoms with E-state index in [0.717, 1.165) is 0 Å². The van der Waals surface area contributed by atoms with Gasteiger partial charge in [-0.25, -0.2) is 4.79 Å². The van der Waals surface area contributed by atoms with Gasteiger partial charge >= 0.3 is 6.03 Å². The number of hydrogen-bond acceptors (Lipinski definition) is 2. The summed E-state index contributed by atoms with van der Waals surface area (Å²) in [5.41, 5.74) is 0. The van der Waals surface area contributed by atoms with Gasteiger partial charge in [-0.2, -0.15) is 0 Å². The quantitative estimate of drug-likeness (QED) is 0.559. The van der Waals surface area contributed by atoms with E-state index in [1.807, 2.05) is 0 Å². The van der Waals surface area contributed by atoms with Crippen LogP contribution in [0.5, 0.6) is 0 Å². The zero-order valence-corrected chi connectivity index (χ0v) is 6.59. The molecule has 0 spiro atoms. The minimum absolute atomic E-state index is 0.0100. The van der Waals surface area contributed by atoms with Crippen molar-refractivity contribution in [1.82, 2.24) is 10.2 Å². The highest BCUT2D eigenvalue weighted by Crippen LogP contribution is 1.92. The predicted molar refractivity (Wildman–Crippen MR) is 38.8 cm³/mol. The molecule has 2 N–H and O–H groups in total. The lowest BCUT2D eigenvalue weighted by Gasteiger charge is -2.22. The lowest BCUT2D eigenvalue weighted by Crippen LogP contribution is -2.42. The Morgan fingerprint density at radius 1 is 1.80 bits per heavy atom. The molecule has 60 valence electrons. The first-order valence-corrected chi connectivity index (χ1v) is 3.18. The molecule has 0 aromatic carbocycles. The van der Waals surface area contributed by atoms with E-state index < -0.39 is 0 Å². The Labute approximate surface area is 60.8 Å². The highest BCUT2D eigenvalue weighted by Gasteiger charge is 2.11. The molecule has 0 saturated heterocycles. The van der Waals surface area contributed by atoms with E-state index in [2.05, 4.69) is 5.32 Å². The molecular weight excluding hydrogens is 132 g/mol. The van der Waals surface area contributed by atoms with E-state index >= 15 is 0 Å². The first kappa shape index (κ1) is 9.23. The highest BCUT2D eigenvalue weighted by atomic mass is 16.3. The van der Waals surface area contributed by atoms with E-state index in [9.17, 15) is 4.79 Å². The Morgan fingerprint density at radius 3 is 2.60 bits per heavy atom. The molecule has 0 heterocycles. The van der Waals surface area contributed by atoms with Gasteiger partial charge in [-0.15, -0.1) is 0 Å². The van der Waals surface area contributed by atoms with Gasteiger partial charge in [-0.05, 0) is 6.92 Å². The number of carbonyl (C=O) groups is 1. The van der Waals surface area contributed by atoms with Crippen LogP contribution in [0, 0.1) is 0 Å². The molecule has 0 unspecified atom stereocenters. The molecule has 4 heteroatoms. The zero-order valence-electron chi connectivity index (χ0n) is 6.59. The number of urea groups is 1. The van der Waals surface area contributed by atoms with Crippen molar-refractivity contribution < 1.29 is 9.90 Å². The summed E-state index contributed by atoms with van der Waals surface area (Å²) in [4.78, 5) is 12.3. The fourth-order valence-electron chi connectivity index (χ4n) is 0.499. The second-order valence-corrected chi connectivity index (χ2v) is 2.20. The monoisotopic (exact) mass is 146 g/mol. The van der Waals surface area contributed by atoms with Crippen molar-refractivity contribution in [1.29, 1.82) is 0 Å². The number of amides is 2. The summed E-state index contributed by atoms with van der Waals surface area (Å²) in [5.74, 6) is 0. The van der Waals surface area contributed by atoms with Crippen molar-refractivity contribution in [2.75, 3.05) is 20.7 Å². The first-order chi connectivity index (χ1) is 4.63. The van der Waals surface area contributed by atoms with Gasteiger partial charge in [0, 0.05) is 14.1 Å². The molecule has 0 rings (SSSR count). The van der Waals surface area contributed by atoms with Crippen molar-refractivity contribution in [3.8, 4) is 0 Å². The van der Waals surface area contributed by atoms with E-state index in [1.54, 1.807) is 21.0 Å². The summed E-state index contributed by atoms with van der Waals surface area (Å²) >= 11 is 0. The Morgan fingerprint density at radius 2 is 2.30 bits per heavy atom. The molecule has 0 aromatic rings. The molecule has 0 bridgehead atoms. The fraction of sp³-hybridized carbons (Fsp3) is 0.833. The normalized spacial score (nSPS) is 12.4. The average Bonchev–Trinajstić information content (AvgIpc) is 2.00. The number of aliphatic hydroxyl groups is 1. The molecular formula is C6H14N2O2. The van der Waals surface area contributed by atoms with Crippen molar-refractivity contribution in [2.45, 2.75) is 13.0 Å². The molecule has 0 aliphatic heterocycles. The number of hydrogen-bond donors (Lipinski definition) is 2. The van der Waals surface area contributed by atoms with Crippen LogP contribution in [0.1, 0.15) is 6.92 Å². The van der Waals surface area contributed by atoms with Gasteiger partial charge in [0.05, 0.1) is 12.6 Å². The topological polar surface area (TPSA) is 52.6 Å². The van der Waals surface area contributed by atoms with Crippen LogP contribution in [0.3, 0.4) is 0 Å². The van der Waals surface area contributed by atoms with Crippen molar-refractivity contribution in [3.63, 3.8) is 0 Å². The van der Waals surface area contributed by atoms with Crippen molar-refractivity contribution in [2.24, 2.45) is 0 Å². The second kappa shape index (κ2) is 4.11. The molecule has 2 amide bonds. The van der Waals surface area contributed by atoms with Crippen LogP contribution in [0.4, 0.5) is 4.79 Å². The molecule has 0 radical (unpaired) electrons. The van der Waals surface area contributed by atoms with Crippen LogP contribution in [0.2, 0.25) is 0 Å². The van der Waals surface area contributed by atoms with E-state index in [-0.39, 0.29) is 18.7 Å². The Bertz CT molecular complexity index is 116. The van der Waals surface area contributed by atoms with E-state index in [1.165, 1.54) is 4.90 Å². The number of rotatable bonds is 2. The van der Waals surface area contributed by atoms with Crippen LogP contribution in [0.25, 0.3) is 0 Å². The fourth-order valence-corrected chi connectivity index (χ4v) is 0.499. The summed E-state index contributed by atoms with van der Waals surface area (Å²) in [7, 11) is 3.20. The second-order valence-electron chi connectivity index (χ2n) is 2.20. The maximum atomic E-state index is 10.8. The average molecular weight is 146 g/mol. The van der Waals surface area contributed by atoms with Crippen LogP contribution in [-0.2, 0) is 0 Å². The van der Waals surface area contributed by atoms with E-state index in [0.29, 0.717) is 0 Å². The third-order valence-corrected chi connectivity index (χ3v) is 1.46. The van der Waals surface area contributed by atoms with Gasteiger partial charge in [0.2, 0.25) is 0 Å². The third kappa shape index (κ3) is 2.23. The van der Waals surface area contributed by atoms with Gasteiger partial charge in [0.15, 0.2) is 0 Å². The van der Waals surface area contributed by atoms with E-state index in [4.69, 9.17) is 5.11 Å². The van der Waals surface area contributed by atoms with Crippen LogP contribution in [-0.4, -0.2) is 42.8 Å². The van der Waals surface area contributed by atoms with Gasteiger partial charge in [0.25, 0.3) is 0 Å². The third-order valence-electron chi connectivity index (χ3n) is 1.46. The first-order valence-electron chi connectivity index (χ1n) is 3.18. The number of carbonyl (C=O) groups excluding carboxylic acids is 1. The summed E-state index contributed by atoms with van der Waals surface area (Å²) in [6.45, 7) is 1.76. The molecule has 0 fully saturated rings. The summed E-state index contributed by atoms with van der Waals surface area (Å²) in [6.07, 6.45) is 0. The predicted octanol–water partition coefficient (Wildman–Crippen LogP) is -0.362. The van der Waals surface area contributed by atoms with Crippen LogP contribution < -0.4 is 5.32 Å². The zero-order chi connectivity index (χ0) is 8.15. The van der Waals surface area contributed by atoms with Gasteiger partial charge in [0.1, 0.15) is 0 Å². The molecule has 0 saturated carbocycles. The largest absolute Gasteiger partial charge is 0.394 e. The minimum Gasteiger partial charge on any atom is -0.394 e. The van der Waals surface area contributed by atoms with Gasteiger partial charge in [-0.1, -0.05) is 0 Å². The lowest BCUT2D eigenvalue weighted by molar-refractivity contribution is 0.159. The molecule has 0 aromatic heterocycles. The number of nitrogens with one attached hydrogen (secondary N) is 1. The molecule has 0 aliphatic rings. The number of nitrogens with zero attached hydrogens (tertiary/aromatic N) is 1. The Hall–Kier alpha value is -0.770. The van der Waals surface area contributed by atoms with Crippen molar-refractivity contribution >= 4 is 6.03 Å². The number of aliphatic hydroxyl groups excluding tert-OH is 1.